The molecule has 1 aromatic heterocycles. The molecule has 0 atom stereocenters. The predicted octanol–water partition coefficient (Wildman–Crippen LogP) is 1.52. The molecule has 12 heavy (non-hydrogen) atoms. The molecule has 0 amide bonds. The van der Waals surface area contributed by atoms with Gasteiger partial charge in [-0.2, -0.15) is 4.73 Å². The van der Waals surface area contributed by atoms with Crippen LogP contribution in [0.15, 0.2) is 17.1 Å². The van der Waals surface area contributed by atoms with Crippen molar-refractivity contribution in [1.29, 1.82) is 0 Å². The van der Waals surface area contributed by atoms with Crippen molar-refractivity contribution in [2.75, 3.05) is 0 Å². The molecule has 0 spiro atoms. The van der Waals surface area contributed by atoms with E-state index in [0.29, 0.717) is 11.3 Å². The lowest BCUT2D eigenvalue weighted by Gasteiger charge is -2.09. The van der Waals surface area contributed by atoms with E-state index >= 15 is 0 Å². The molecule has 1 N–H and O–H groups in total. The second kappa shape index (κ2) is 3.01. The molecule has 0 saturated carbocycles. The van der Waals surface area contributed by atoms with Crippen molar-refractivity contribution in [2.45, 2.75) is 26.7 Å². The fourth-order valence-corrected chi connectivity index (χ4v) is 1.07. The van der Waals surface area contributed by atoms with E-state index in [1.165, 1.54) is 12.3 Å². The van der Waals surface area contributed by atoms with Gasteiger partial charge in [0.05, 0.1) is 11.9 Å². The summed E-state index contributed by atoms with van der Waals surface area (Å²) in [6.07, 6.45) is 1.44. The molecule has 0 bridgehead atoms. The van der Waals surface area contributed by atoms with Crippen LogP contribution in [-0.2, 0) is 0 Å². The van der Waals surface area contributed by atoms with Gasteiger partial charge in [0, 0.05) is 11.6 Å². The molecule has 0 radical (unpaired) electrons. The van der Waals surface area contributed by atoms with Gasteiger partial charge in [0.2, 0.25) is 0 Å². The lowest BCUT2D eigenvalue weighted by molar-refractivity contribution is 0.171. The quantitative estimate of drug-likeness (QED) is 0.644. The Morgan fingerprint density at radius 1 is 1.50 bits per heavy atom. The van der Waals surface area contributed by atoms with E-state index in [9.17, 15) is 10.0 Å². The van der Waals surface area contributed by atoms with Gasteiger partial charge in [0.25, 0.3) is 0 Å². The van der Waals surface area contributed by atoms with Gasteiger partial charge in [0.15, 0.2) is 5.43 Å². The Morgan fingerprint density at radius 2 is 2.08 bits per heavy atom. The first-order valence-corrected chi connectivity index (χ1v) is 3.95. The molecule has 0 aromatic carbocycles. The summed E-state index contributed by atoms with van der Waals surface area (Å²) in [5.41, 5.74) is 1.18. The van der Waals surface area contributed by atoms with Crippen molar-refractivity contribution in [3.8, 4) is 0 Å². The van der Waals surface area contributed by atoms with Crippen LogP contribution in [-0.4, -0.2) is 9.94 Å². The van der Waals surface area contributed by atoms with Gasteiger partial charge in [-0.3, -0.25) is 4.79 Å². The van der Waals surface area contributed by atoms with Gasteiger partial charge >= 0.3 is 0 Å². The lowest BCUT2D eigenvalue weighted by atomic mass is 10.1. The molecular weight excluding hydrogens is 154 g/mol. The smallest absolute Gasteiger partial charge is 0.184 e. The van der Waals surface area contributed by atoms with Gasteiger partial charge in [0.1, 0.15) is 0 Å². The summed E-state index contributed by atoms with van der Waals surface area (Å²) in [5.74, 6) is 0.156. The zero-order chi connectivity index (χ0) is 9.30. The molecule has 1 aromatic rings. The highest BCUT2D eigenvalue weighted by Crippen LogP contribution is 2.10. The number of pyridine rings is 1. The number of aryl methyl sites for hydroxylation is 1. The molecule has 66 valence electrons. The van der Waals surface area contributed by atoms with Gasteiger partial charge in [-0.1, -0.05) is 13.8 Å². The van der Waals surface area contributed by atoms with Crippen LogP contribution in [0.3, 0.4) is 0 Å². The highest BCUT2D eigenvalue weighted by atomic mass is 16.5. The van der Waals surface area contributed by atoms with Crippen LogP contribution in [0.4, 0.5) is 0 Å². The van der Waals surface area contributed by atoms with Crippen molar-refractivity contribution in [2.24, 2.45) is 0 Å². The zero-order valence-electron chi connectivity index (χ0n) is 7.53. The van der Waals surface area contributed by atoms with E-state index in [1.54, 1.807) is 6.92 Å². The molecule has 0 aliphatic rings. The number of hydrogen-bond donors (Lipinski definition) is 1. The standard InChI is InChI=1S/C9H13NO2/c1-6(2)8-4-9(11)7(3)5-10(8)12/h4-6,12H,1-3H3. The second-order valence-electron chi connectivity index (χ2n) is 3.24. The van der Waals surface area contributed by atoms with Crippen molar-refractivity contribution in [3.63, 3.8) is 0 Å². The third-order valence-electron chi connectivity index (χ3n) is 1.84. The van der Waals surface area contributed by atoms with E-state index in [4.69, 9.17) is 0 Å². The molecule has 0 saturated heterocycles. The largest absolute Gasteiger partial charge is 0.429 e. The molecule has 3 heteroatoms. The fourth-order valence-electron chi connectivity index (χ4n) is 1.07. The minimum absolute atomic E-state index is 0.0241. The second-order valence-corrected chi connectivity index (χ2v) is 3.24. The van der Waals surface area contributed by atoms with E-state index < -0.39 is 0 Å². The Kier molecular flexibility index (Phi) is 2.22. The zero-order valence-corrected chi connectivity index (χ0v) is 7.53. The number of rotatable bonds is 1. The molecule has 0 aliphatic heterocycles. The highest BCUT2D eigenvalue weighted by molar-refractivity contribution is 5.15. The summed E-state index contributed by atoms with van der Waals surface area (Å²) >= 11 is 0. The van der Waals surface area contributed by atoms with E-state index in [-0.39, 0.29) is 11.3 Å². The average Bonchev–Trinajstić information content (AvgIpc) is 1.96. The Bertz CT molecular complexity index is 339. The molecule has 1 heterocycles. The summed E-state index contributed by atoms with van der Waals surface area (Å²) in [6, 6.07) is 1.47. The minimum Gasteiger partial charge on any atom is -0.429 e. The number of nitrogens with zero attached hydrogens (tertiary/aromatic N) is 1. The van der Waals surface area contributed by atoms with Gasteiger partial charge in [-0.05, 0) is 12.8 Å². The fraction of sp³-hybridized carbons (Fsp3) is 0.444. The summed E-state index contributed by atoms with van der Waals surface area (Å²) in [6.45, 7) is 5.53. The molecule has 1 rings (SSSR count). The molecule has 0 unspecified atom stereocenters. The van der Waals surface area contributed by atoms with E-state index in [0.717, 1.165) is 4.73 Å². The summed E-state index contributed by atoms with van der Waals surface area (Å²) in [5, 5.41) is 9.36. The number of hydrogen-bond acceptors (Lipinski definition) is 2. The van der Waals surface area contributed by atoms with E-state index in [2.05, 4.69) is 0 Å². The van der Waals surface area contributed by atoms with Crippen LogP contribution in [0, 0.1) is 6.92 Å². The first kappa shape index (κ1) is 8.84. The molecule has 0 aliphatic carbocycles. The molecule has 0 fully saturated rings. The maximum atomic E-state index is 11.2. The van der Waals surface area contributed by atoms with Crippen molar-refractivity contribution in [3.05, 3.63) is 33.7 Å². The Labute approximate surface area is 71.2 Å². The summed E-state index contributed by atoms with van der Waals surface area (Å²) in [7, 11) is 0. The van der Waals surface area contributed by atoms with E-state index in [1.807, 2.05) is 13.8 Å². The van der Waals surface area contributed by atoms with Crippen molar-refractivity contribution < 1.29 is 5.21 Å². The monoisotopic (exact) mass is 167 g/mol. The maximum Gasteiger partial charge on any atom is 0.184 e. The molecular formula is C9H13NO2. The van der Waals surface area contributed by atoms with Gasteiger partial charge < -0.3 is 5.21 Å². The Hall–Kier alpha value is -1.25. The van der Waals surface area contributed by atoms with Crippen LogP contribution < -0.4 is 5.43 Å². The van der Waals surface area contributed by atoms with Gasteiger partial charge in [-0.15, -0.1) is 0 Å². The van der Waals surface area contributed by atoms with Crippen LogP contribution >= 0.6 is 0 Å². The van der Waals surface area contributed by atoms with Crippen LogP contribution in [0.5, 0.6) is 0 Å². The Balaban J connectivity index is 3.33. The van der Waals surface area contributed by atoms with Crippen LogP contribution in [0.1, 0.15) is 31.0 Å². The van der Waals surface area contributed by atoms with Gasteiger partial charge in [-0.25, -0.2) is 0 Å². The van der Waals surface area contributed by atoms with Crippen molar-refractivity contribution in [1.82, 2.24) is 4.73 Å². The number of aromatic nitrogens is 1. The third-order valence-corrected chi connectivity index (χ3v) is 1.84. The Morgan fingerprint density at radius 3 is 2.58 bits per heavy atom. The summed E-state index contributed by atoms with van der Waals surface area (Å²) in [4.78, 5) is 11.2. The van der Waals surface area contributed by atoms with Crippen molar-refractivity contribution >= 4 is 0 Å². The topological polar surface area (TPSA) is 42.2 Å². The summed E-state index contributed by atoms with van der Waals surface area (Å²) < 4.78 is 1.02. The third kappa shape index (κ3) is 1.49. The SMILES string of the molecule is Cc1cn(O)c(C(C)C)cc1=O. The average molecular weight is 167 g/mol. The predicted molar refractivity (Wildman–Crippen MR) is 46.7 cm³/mol. The van der Waals surface area contributed by atoms with Crippen LogP contribution in [0.25, 0.3) is 0 Å². The highest BCUT2D eigenvalue weighted by Gasteiger charge is 2.06. The normalized spacial score (nSPS) is 10.7. The lowest BCUT2D eigenvalue weighted by Crippen LogP contribution is -2.13. The first-order valence-electron chi connectivity index (χ1n) is 3.95. The minimum atomic E-state index is -0.0241. The maximum absolute atomic E-state index is 11.2. The first-order chi connectivity index (χ1) is 5.52. The van der Waals surface area contributed by atoms with Crippen LogP contribution in [0.2, 0.25) is 0 Å². The molecule has 3 nitrogen and oxygen atoms in total.